The lowest BCUT2D eigenvalue weighted by Crippen LogP contribution is -2.39. The van der Waals surface area contributed by atoms with Crippen molar-refractivity contribution in [1.82, 2.24) is 4.90 Å². The molecule has 0 spiro atoms. The average Bonchev–Trinajstić information content (AvgIpc) is 3.28. The monoisotopic (exact) mass is 261 g/mol. The van der Waals surface area contributed by atoms with Gasteiger partial charge in [-0.3, -0.25) is 4.79 Å². The maximum atomic E-state index is 12.3. The van der Waals surface area contributed by atoms with Gasteiger partial charge in [-0.25, -0.2) is 0 Å². The van der Waals surface area contributed by atoms with Crippen LogP contribution in [0, 0.1) is 23.7 Å². The van der Waals surface area contributed by atoms with E-state index in [4.69, 9.17) is 0 Å². The van der Waals surface area contributed by atoms with Gasteiger partial charge < -0.3 is 4.90 Å². The molecule has 3 aliphatic rings. The second kappa shape index (κ2) is 5.30. The summed E-state index contributed by atoms with van der Waals surface area (Å²) in [7, 11) is 0. The average molecular weight is 261 g/mol. The molecular formula is C17H27NO. The van der Waals surface area contributed by atoms with Crippen LogP contribution in [0.1, 0.15) is 52.4 Å². The van der Waals surface area contributed by atoms with Gasteiger partial charge in [0.1, 0.15) is 0 Å². The zero-order chi connectivity index (χ0) is 13.4. The Balaban J connectivity index is 1.52. The van der Waals surface area contributed by atoms with Gasteiger partial charge >= 0.3 is 0 Å². The summed E-state index contributed by atoms with van der Waals surface area (Å²) in [6.07, 6.45) is 12.2. The molecule has 3 rings (SSSR count). The summed E-state index contributed by atoms with van der Waals surface area (Å²) >= 11 is 0. The number of rotatable bonds is 5. The van der Waals surface area contributed by atoms with Gasteiger partial charge in [-0.2, -0.15) is 0 Å². The van der Waals surface area contributed by atoms with Crippen molar-refractivity contribution in [3.8, 4) is 0 Å². The third-order valence-corrected chi connectivity index (χ3v) is 5.16. The predicted molar refractivity (Wildman–Crippen MR) is 77.7 cm³/mol. The second-order valence-corrected chi connectivity index (χ2v) is 7.06. The lowest BCUT2D eigenvalue weighted by molar-refractivity contribution is -0.134. The van der Waals surface area contributed by atoms with E-state index in [2.05, 4.69) is 30.9 Å². The third-order valence-electron chi connectivity index (χ3n) is 5.16. The Labute approximate surface area is 117 Å². The third kappa shape index (κ3) is 3.04. The zero-order valence-electron chi connectivity index (χ0n) is 12.3. The summed E-state index contributed by atoms with van der Waals surface area (Å²) in [4.78, 5) is 14.5. The van der Waals surface area contributed by atoms with Crippen LogP contribution in [0.5, 0.6) is 0 Å². The topological polar surface area (TPSA) is 20.3 Å². The Morgan fingerprint density at radius 3 is 2.63 bits per heavy atom. The highest BCUT2D eigenvalue weighted by Crippen LogP contribution is 2.49. The molecule has 0 saturated heterocycles. The van der Waals surface area contributed by atoms with E-state index in [9.17, 15) is 4.79 Å². The molecule has 0 heterocycles. The normalized spacial score (nSPS) is 33.5. The van der Waals surface area contributed by atoms with Crippen LogP contribution in [-0.2, 0) is 4.79 Å². The van der Waals surface area contributed by atoms with Gasteiger partial charge in [0.2, 0.25) is 5.91 Å². The largest absolute Gasteiger partial charge is 0.340 e. The van der Waals surface area contributed by atoms with Gasteiger partial charge in [0, 0.05) is 18.5 Å². The maximum absolute atomic E-state index is 12.3. The van der Waals surface area contributed by atoms with Crippen LogP contribution >= 0.6 is 0 Å². The number of allylic oxidation sites excluding steroid dienone is 2. The quantitative estimate of drug-likeness (QED) is 0.692. The molecular weight excluding hydrogens is 234 g/mol. The summed E-state index contributed by atoms with van der Waals surface area (Å²) in [6.45, 7) is 5.36. The van der Waals surface area contributed by atoms with E-state index in [1.165, 1.54) is 25.7 Å². The molecule has 2 nitrogen and oxygen atoms in total. The van der Waals surface area contributed by atoms with Crippen LogP contribution in [0.3, 0.4) is 0 Å². The molecule has 2 heteroatoms. The summed E-state index contributed by atoms with van der Waals surface area (Å²) in [5.41, 5.74) is 0. The molecule has 0 bridgehead atoms. The van der Waals surface area contributed by atoms with Crippen molar-refractivity contribution in [1.29, 1.82) is 0 Å². The first kappa shape index (κ1) is 13.2. The minimum absolute atomic E-state index is 0.372. The van der Waals surface area contributed by atoms with Crippen molar-refractivity contribution in [2.24, 2.45) is 23.7 Å². The number of hydrogen-bond donors (Lipinski definition) is 0. The zero-order valence-corrected chi connectivity index (χ0v) is 12.3. The van der Waals surface area contributed by atoms with E-state index in [1.54, 1.807) is 0 Å². The molecule has 0 aromatic rings. The maximum Gasteiger partial charge on any atom is 0.225 e. The fraction of sp³-hybridized carbons (Fsp3) is 0.824. The Bertz CT molecular complexity index is 369. The SMILES string of the molecule is CC(C)N(C[C@H]1CC1C1CC=CCC1)C(=O)C1CC1. The van der Waals surface area contributed by atoms with Crippen LogP contribution in [0.4, 0.5) is 0 Å². The molecule has 0 aromatic heterocycles. The number of carbonyl (C=O) groups is 1. The Hall–Kier alpha value is -0.790. The van der Waals surface area contributed by atoms with Crippen LogP contribution < -0.4 is 0 Å². The summed E-state index contributed by atoms with van der Waals surface area (Å²) in [5.74, 6) is 3.40. The highest BCUT2D eigenvalue weighted by Gasteiger charge is 2.45. The molecule has 0 N–H and O–H groups in total. The van der Waals surface area contributed by atoms with E-state index in [0.717, 1.165) is 37.1 Å². The molecule has 2 unspecified atom stereocenters. The van der Waals surface area contributed by atoms with Gasteiger partial charge in [-0.1, -0.05) is 12.2 Å². The van der Waals surface area contributed by atoms with E-state index in [1.807, 2.05) is 0 Å². The minimum atomic E-state index is 0.372. The second-order valence-electron chi connectivity index (χ2n) is 7.06. The van der Waals surface area contributed by atoms with Crippen LogP contribution in [0.25, 0.3) is 0 Å². The molecule has 3 aliphatic carbocycles. The molecule has 0 radical (unpaired) electrons. The molecule has 0 aliphatic heterocycles. The minimum Gasteiger partial charge on any atom is -0.340 e. The molecule has 2 fully saturated rings. The fourth-order valence-corrected chi connectivity index (χ4v) is 3.64. The van der Waals surface area contributed by atoms with Crippen LogP contribution in [-0.4, -0.2) is 23.4 Å². The molecule has 1 amide bonds. The summed E-state index contributed by atoms with van der Waals surface area (Å²) in [6, 6.07) is 0.376. The molecule has 2 saturated carbocycles. The van der Waals surface area contributed by atoms with Crippen LogP contribution in [0.15, 0.2) is 12.2 Å². The van der Waals surface area contributed by atoms with Gasteiger partial charge in [0.25, 0.3) is 0 Å². The summed E-state index contributed by atoms with van der Waals surface area (Å²) in [5, 5.41) is 0. The Kier molecular flexibility index (Phi) is 3.68. The first-order valence-electron chi connectivity index (χ1n) is 8.12. The van der Waals surface area contributed by atoms with Gasteiger partial charge in [0.15, 0.2) is 0 Å². The van der Waals surface area contributed by atoms with Crippen molar-refractivity contribution >= 4 is 5.91 Å². The van der Waals surface area contributed by atoms with E-state index in [0.29, 0.717) is 17.9 Å². The smallest absolute Gasteiger partial charge is 0.225 e. The molecule has 3 atom stereocenters. The first-order valence-corrected chi connectivity index (χ1v) is 8.12. The van der Waals surface area contributed by atoms with Gasteiger partial charge in [-0.15, -0.1) is 0 Å². The van der Waals surface area contributed by atoms with Crippen LogP contribution in [0.2, 0.25) is 0 Å². The standard InChI is InChI=1S/C17H27NO/c1-12(2)18(17(19)14-8-9-14)11-15-10-16(15)13-6-4-3-5-7-13/h3-4,12-16H,5-11H2,1-2H3/t13?,15-,16?/m1/s1. The van der Waals surface area contributed by atoms with Crippen molar-refractivity contribution in [3.05, 3.63) is 12.2 Å². The highest BCUT2D eigenvalue weighted by molar-refractivity contribution is 5.81. The number of carbonyl (C=O) groups excluding carboxylic acids is 1. The van der Waals surface area contributed by atoms with Crippen molar-refractivity contribution in [3.63, 3.8) is 0 Å². The summed E-state index contributed by atoms with van der Waals surface area (Å²) < 4.78 is 0. The predicted octanol–water partition coefficient (Wildman–Crippen LogP) is 3.63. The Morgan fingerprint density at radius 1 is 1.26 bits per heavy atom. The lowest BCUT2D eigenvalue weighted by atomic mass is 9.89. The van der Waals surface area contributed by atoms with E-state index in [-0.39, 0.29) is 0 Å². The fourth-order valence-electron chi connectivity index (χ4n) is 3.64. The van der Waals surface area contributed by atoms with Gasteiger partial charge in [-0.05, 0) is 70.1 Å². The van der Waals surface area contributed by atoms with Gasteiger partial charge in [0.05, 0.1) is 0 Å². The van der Waals surface area contributed by atoms with Crippen molar-refractivity contribution in [2.75, 3.05) is 6.54 Å². The highest BCUT2D eigenvalue weighted by atomic mass is 16.2. The number of hydrogen-bond acceptors (Lipinski definition) is 1. The first-order chi connectivity index (χ1) is 9.16. The molecule has 0 aromatic carbocycles. The Morgan fingerprint density at radius 2 is 2.05 bits per heavy atom. The van der Waals surface area contributed by atoms with E-state index >= 15 is 0 Å². The number of amides is 1. The van der Waals surface area contributed by atoms with Crippen molar-refractivity contribution in [2.45, 2.75) is 58.4 Å². The van der Waals surface area contributed by atoms with Crippen molar-refractivity contribution < 1.29 is 4.79 Å². The number of nitrogens with zero attached hydrogens (tertiary/aromatic N) is 1. The molecule has 106 valence electrons. The molecule has 19 heavy (non-hydrogen) atoms. The van der Waals surface area contributed by atoms with E-state index < -0.39 is 0 Å². The lowest BCUT2D eigenvalue weighted by Gasteiger charge is -2.28.